The predicted molar refractivity (Wildman–Crippen MR) is 112 cm³/mol. The molecule has 0 spiro atoms. The number of benzene rings is 1. The van der Waals surface area contributed by atoms with E-state index in [9.17, 15) is 4.79 Å². The van der Waals surface area contributed by atoms with Crippen molar-refractivity contribution >= 4 is 28.1 Å². The van der Waals surface area contributed by atoms with E-state index in [2.05, 4.69) is 25.3 Å². The largest absolute Gasteiger partial charge is 0.491 e. The third kappa shape index (κ3) is 4.38. The highest BCUT2D eigenvalue weighted by molar-refractivity contribution is 7.17. The summed E-state index contributed by atoms with van der Waals surface area (Å²) in [6.07, 6.45) is 5.75. The van der Waals surface area contributed by atoms with Crippen LogP contribution in [0.3, 0.4) is 0 Å². The summed E-state index contributed by atoms with van der Waals surface area (Å²) in [5.74, 6) is 1.13. The van der Waals surface area contributed by atoms with Crippen molar-refractivity contribution in [1.82, 2.24) is 25.3 Å². The van der Waals surface area contributed by atoms with Gasteiger partial charge in [0, 0.05) is 30.5 Å². The molecule has 4 rings (SSSR count). The quantitative estimate of drug-likeness (QED) is 0.472. The zero-order chi connectivity index (χ0) is 20.1. The van der Waals surface area contributed by atoms with Crippen LogP contribution in [-0.4, -0.2) is 39.0 Å². The molecular weight excluding hydrogens is 386 g/mol. The van der Waals surface area contributed by atoms with Gasteiger partial charge >= 0.3 is 0 Å². The minimum atomic E-state index is -0.144. The highest BCUT2D eigenvalue weighted by Crippen LogP contribution is 2.25. The van der Waals surface area contributed by atoms with E-state index in [-0.39, 0.29) is 5.91 Å². The summed E-state index contributed by atoms with van der Waals surface area (Å²) in [7, 11) is 0. The summed E-state index contributed by atoms with van der Waals surface area (Å²) in [5, 5.41) is 4.60. The van der Waals surface area contributed by atoms with Gasteiger partial charge in [0.2, 0.25) is 0 Å². The van der Waals surface area contributed by atoms with Crippen LogP contribution in [0, 0.1) is 6.92 Å². The molecule has 3 aromatic heterocycles. The number of hydrogen-bond donors (Lipinski definition) is 1. The van der Waals surface area contributed by atoms with Gasteiger partial charge in [-0.3, -0.25) is 9.78 Å². The third-order valence-corrected chi connectivity index (χ3v) is 5.37. The standard InChI is InChI=1S/C21H19N5O2S/c1-14-18(29-21(26-14)19-23-10-4-11-24-19)20(27)25-12-5-13-28-16-8-2-6-15-7-3-9-22-17(15)16/h2-4,6-11H,5,12-13H2,1H3,(H,25,27). The number of amides is 1. The van der Waals surface area contributed by atoms with E-state index in [0.29, 0.717) is 41.0 Å². The Morgan fingerprint density at radius 1 is 1.07 bits per heavy atom. The lowest BCUT2D eigenvalue weighted by molar-refractivity contribution is 0.0955. The molecule has 0 unspecified atom stereocenters. The fourth-order valence-electron chi connectivity index (χ4n) is 2.84. The van der Waals surface area contributed by atoms with Gasteiger partial charge in [0.05, 0.1) is 12.3 Å². The number of hydrogen-bond acceptors (Lipinski definition) is 7. The van der Waals surface area contributed by atoms with Gasteiger partial charge in [-0.15, -0.1) is 11.3 Å². The zero-order valence-electron chi connectivity index (χ0n) is 15.8. The molecule has 0 radical (unpaired) electrons. The number of aryl methyl sites for hydroxylation is 1. The smallest absolute Gasteiger partial charge is 0.263 e. The monoisotopic (exact) mass is 405 g/mol. The molecule has 146 valence electrons. The van der Waals surface area contributed by atoms with Gasteiger partial charge in [0.1, 0.15) is 16.1 Å². The van der Waals surface area contributed by atoms with Gasteiger partial charge in [-0.2, -0.15) is 0 Å². The second-order valence-electron chi connectivity index (χ2n) is 6.30. The molecule has 0 aliphatic carbocycles. The first-order valence-corrected chi connectivity index (χ1v) is 10.0. The highest BCUT2D eigenvalue weighted by atomic mass is 32.1. The number of para-hydroxylation sites is 1. The minimum absolute atomic E-state index is 0.144. The Morgan fingerprint density at radius 2 is 1.86 bits per heavy atom. The normalized spacial score (nSPS) is 10.8. The maximum atomic E-state index is 12.5. The second-order valence-corrected chi connectivity index (χ2v) is 7.29. The first-order valence-electron chi connectivity index (χ1n) is 9.22. The fraction of sp³-hybridized carbons (Fsp3) is 0.190. The third-order valence-electron chi connectivity index (χ3n) is 4.22. The van der Waals surface area contributed by atoms with Crippen molar-refractivity contribution in [3.63, 3.8) is 0 Å². The number of aromatic nitrogens is 4. The first kappa shape index (κ1) is 18.9. The summed E-state index contributed by atoms with van der Waals surface area (Å²) >= 11 is 1.30. The van der Waals surface area contributed by atoms with Crippen molar-refractivity contribution < 1.29 is 9.53 Å². The van der Waals surface area contributed by atoms with Crippen LogP contribution in [-0.2, 0) is 0 Å². The second kappa shape index (κ2) is 8.74. The van der Waals surface area contributed by atoms with E-state index in [1.165, 1.54) is 11.3 Å². The number of nitrogens with zero attached hydrogens (tertiary/aromatic N) is 4. The average Bonchev–Trinajstić information content (AvgIpc) is 3.16. The van der Waals surface area contributed by atoms with Crippen LogP contribution >= 0.6 is 11.3 Å². The number of pyridine rings is 1. The van der Waals surface area contributed by atoms with Crippen molar-refractivity contribution in [2.45, 2.75) is 13.3 Å². The molecule has 8 heteroatoms. The number of carbonyl (C=O) groups is 1. The molecule has 3 heterocycles. The van der Waals surface area contributed by atoms with E-state index in [1.807, 2.05) is 37.3 Å². The molecule has 4 aromatic rings. The van der Waals surface area contributed by atoms with E-state index in [0.717, 1.165) is 16.7 Å². The van der Waals surface area contributed by atoms with E-state index in [4.69, 9.17) is 4.74 Å². The lowest BCUT2D eigenvalue weighted by Gasteiger charge is -2.09. The van der Waals surface area contributed by atoms with Gasteiger partial charge in [-0.25, -0.2) is 15.0 Å². The molecule has 0 saturated heterocycles. The lowest BCUT2D eigenvalue weighted by atomic mass is 10.2. The Balaban J connectivity index is 1.30. The maximum Gasteiger partial charge on any atom is 0.263 e. The molecule has 0 bridgehead atoms. The molecule has 0 aliphatic heterocycles. The van der Waals surface area contributed by atoms with Crippen LogP contribution in [0.5, 0.6) is 5.75 Å². The molecule has 1 N–H and O–H groups in total. The number of nitrogens with one attached hydrogen (secondary N) is 1. The topological polar surface area (TPSA) is 89.9 Å². The van der Waals surface area contributed by atoms with E-state index >= 15 is 0 Å². The molecular formula is C21H19N5O2S. The minimum Gasteiger partial charge on any atom is -0.491 e. The lowest BCUT2D eigenvalue weighted by Crippen LogP contribution is -2.25. The number of thiazole rings is 1. The first-order chi connectivity index (χ1) is 14.2. The molecule has 0 saturated carbocycles. The number of fused-ring (bicyclic) bond motifs is 1. The number of rotatable bonds is 7. The fourth-order valence-corrected chi connectivity index (χ4v) is 3.77. The Kier molecular flexibility index (Phi) is 5.71. The van der Waals surface area contributed by atoms with Gasteiger partial charge < -0.3 is 10.1 Å². The Morgan fingerprint density at radius 3 is 2.72 bits per heavy atom. The van der Waals surface area contributed by atoms with Gasteiger partial charge in [-0.05, 0) is 31.5 Å². The van der Waals surface area contributed by atoms with E-state index < -0.39 is 0 Å². The highest BCUT2D eigenvalue weighted by Gasteiger charge is 2.17. The molecule has 0 aliphatic rings. The Labute approximate surface area is 171 Å². The zero-order valence-corrected chi connectivity index (χ0v) is 16.6. The summed E-state index contributed by atoms with van der Waals surface area (Å²) in [6, 6.07) is 11.5. The maximum absolute atomic E-state index is 12.5. The van der Waals surface area contributed by atoms with Crippen LogP contribution < -0.4 is 10.1 Å². The average molecular weight is 405 g/mol. The van der Waals surface area contributed by atoms with Crippen molar-refractivity contribution in [2.75, 3.05) is 13.2 Å². The summed E-state index contributed by atoms with van der Waals surface area (Å²) in [6.45, 7) is 2.81. The molecule has 1 amide bonds. The van der Waals surface area contributed by atoms with Crippen LogP contribution in [0.1, 0.15) is 21.8 Å². The SMILES string of the molecule is Cc1nc(-c2ncccn2)sc1C(=O)NCCCOc1cccc2cccnc12. The predicted octanol–water partition coefficient (Wildman–Crippen LogP) is 3.66. The summed E-state index contributed by atoms with van der Waals surface area (Å²) < 4.78 is 5.85. The van der Waals surface area contributed by atoms with Gasteiger partial charge in [0.15, 0.2) is 10.8 Å². The van der Waals surface area contributed by atoms with E-state index in [1.54, 1.807) is 24.7 Å². The Bertz CT molecular complexity index is 1130. The van der Waals surface area contributed by atoms with Crippen LogP contribution in [0.2, 0.25) is 0 Å². The molecule has 7 nitrogen and oxygen atoms in total. The van der Waals surface area contributed by atoms with Crippen LogP contribution in [0.4, 0.5) is 0 Å². The summed E-state index contributed by atoms with van der Waals surface area (Å²) in [4.78, 5) is 30.2. The van der Waals surface area contributed by atoms with Crippen LogP contribution in [0.25, 0.3) is 21.7 Å². The van der Waals surface area contributed by atoms with Gasteiger partial charge in [0.25, 0.3) is 5.91 Å². The summed E-state index contributed by atoms with van der Waals surface area (Å²) in [5.41, 5.74) is 1.52. The van der Waals surface area contributed by atoms with Crippen LogP contribution in [0.15, 0.2) is 55.0 Å². The number of carbonyl (C=O) groups excluding carboxylic acids is 1. The van der Waals surface area contributed by atoms with Crippen molar-refractivity contribution in [2.24, 2.45) is 0 Å². The van der Waals surface area contributed by atoms with Gasteiger partial charge in [-0.1, -0.05) is 18.2 Å². The molecule has 0 atom stereocenters. The van der Waals surface area contributed by atoms with Crippen molar-refractivity contribution in [3.05, 3.63) is 65.6 Å². The Hall–Kier alpha value is -3.39. The molecule has 0 fully saturated rings. The molecule has 1 aromatic carbocycles. The van der Waals surface area contributed by atoms with Crippen molar-refractivity contribution in [1.29, 1.82) is 0 Å². The number of ether oxygens (including phenoxy) is 1. The van der Waals surface area contributed by atoms with Crippen molar-refractivity contribution in [3.8, 4) is 16.6 Å². The molecule has 29 heavy (non-hydrogen) atoms.